The summed E-state index contributed by atoms with van der Waals surface area (Å²) >= 11 is 0.845. The molecule has 0 aliphatic heterocycles. The largest absolute Gasteiger partial charge is 0.465 e. The number of nitriles is 1. The van der Waals surface area contributed by atoms with E-state index in [2.05, 4.69) is 9.47 Å². The standard InChI is InChI=1S/C17H14N2O6S/c1-23-16(21)12-11(13(17(22)24-2)26-14(12)19)8-25-15(20)10-5-3-9(7-18)4-6-10/h3-6H,8,19H2,1-2H3. The van der Waals surface area contributed by atoms with E-state index in [1.807, 2.05) is 6.07 Å². The number of nitrogen functional groups attached to an aromatic ring is 1. The first-order valence-electron chi connectivity index (χ1n) is 7.18. The first kappa shape index (κ1) is 19.0. The molecule has 1 aromatic carbocycles. The van der Waals surface area contributed by atoms with Crippen LogP contribution in [0.2, 0.25) is 0 Å². The predicted molar refractivity (Wildman–Crippen MR) is 91.7 cm³/mol. The van der Waals surface area contributed by atoms with E-state index in [-0.39, 0.29) is 33.2 Å². The van der Waals surface area contributed by atoms with Crippen molar-refractivity contribution in [3.05, 3.63) is 51.4 Å². The topological polar surface area (TPSA) is 129 Å². The van der Waals surface area contributed by atoms with Gasteiger partial charge in [0.05, 0.1) is 31.4 Å². The maximum Gasteiger partial charge on any atom is 0.348 e. The number of ether oxygens (including phenoxy) is 3. The molecule has 1 aromatic heterocycles. The van der Waals surface area contributed by atoms with Crippen molar-refractivity contribution >= 4 is 34.2 Å². The summed E-state index contributed by atoms with van der Waals surface area (Å²) in [6.07, 6.45) is 0. The molecule has 0 spiro atoms. The number of anilines is 1. The molecule has 0 radical (unpaired) electrons. The zero-order valence-corrected chi connectivity index (χ0v) is 14.7. The molecule has 134 valence electrons. The monoisotopic (exact) mass is 374 g/mol. The second-order valence-corrected chi connectivity index (χ2v) is 5.95. The zero-order valence-electron chi connectivity index (χ0n) is 13.9. The van der Waals surface area contributed by atoms with E-state index >= 15 is 0 Å². The van der Waals surface area contributed by atoms with Crippen molar-refractivity contribution in [1.82, 2.24) is 0 Å². The second-order valence-electron chi connectivity index (χ2n) is 4.90. The van der Waals surface area contributed by atoms with Gasteiger partial charge in [0.1, 0.15) is 22.0 Å². The highest BCUT2D eigenvalue weighted by Gasteiger charge is 2.28. The number of nitrogens with zero attached hydrogens (tertiary/aromatic N) is 1. The Morgan fingerprint density at radius 2 is 1.69 bits per heavy atom. The first-order valence-corrected chi connectivity index (χ1v) is 7.99. The van der Waals surface area contributed by atoms with Crippen molar-refractivity contribution in [2.75, 3.05) is 20.0 Å². The molecule has 0 fully saturated rings. The summed E-state index contributed by atoms with van der Waals surface area (Å²) in [7, 11) is 2.35. The SMILES string of the molecule is COC(=O)c1sc(N)c(C(=O)OC)c1COC(=O)c1ccc(C#N)cc1. The lowest BCUT2D eigenvalue weighted by molar-refractivity contribution is 0.0452. The summed E-state index contributed by atoms with van der Waals surface area (Å²) in [4.78, 5) is 36.1. The van der Waals surface area contributed by atoms with Crippen molar-refractivity contribution in [3.8, 4) is 6.07 Å². The fourth-order valence-electron chi connectivity index (χ4n) is 2.11. The van der Waals surface area contributed by atoms with Crippen LogP contribution in [0.4, 0.5) is 5.00 Å². The number of rotatable bonds is 5. The zero-order chi connectivity index (χ0) is 19.3. The van der Waals surface area contributed by atoms with Crippen LogP contribution in [0.1, 0.15) is 41.5 Å². The number of hydrogen-bond donors (Lipinski definition) is 1. The number of carbonyl (C=O) groups is 3. The number of hydrogen-bond acceptors (Lipinski definition) is 9. The van der Waals surface area contributed by atoms with E-state index in [0.717, 1.165) is 11.3 Å². The molecule has 0 saturated heterocycles. The number of benzene rings is 1. The molecule has 0 aliphatic carbocycles. The molecule has 0 aliphatic rings. The third kappa shape index (κ3) is 3.81. The lowest BCUT2D eigenvalue weighted by Gasteiger charge is -2.08. The van der Waals surface area contributed by atoms with Gasteiger partial charge in [0, 0.05) is 5.56 Å². The van der Waals surface area contributed by atoms with Crippen LogP contribution in [0, 0.1) is 11.3 Å². The van der Waals surface area contributed by atoms with E-state index in [0.29, 0.717) is 5.56 Å². The number of methoxy groups -OCH3 is 2. The number of nitrogens with two attached hydrogens (primary N) is 1. The first-order chi connectivity index (χ1) is 12.4. The quantitative estimate of drug-likeness (QED) is 0.622. The molecular formula is C17H14N2O6S. The summed E-state index contributed by atoms with van der Waals surface area (Å²) in [5.74, 6) is -2.15. The van der Waals surface area contributed by atoms with Gasteiger partial charge in [-0.1, -0.05) is 0 Å². The van der Waals surface area contributed by atoms with Gasteiger partial charge < -0.3 is 19.9 Å². The van der Waals surface area contributed by atoms with Gasteiger partial charge in [-0.2, -0.15) is 5.26 Å². The lowest BCUT2D eigenvalue weighted by atomic mass is 10.1. The summed E-state index contributed by atoms with van der Waals surface area (Å²) < 4.78 is 14.5. The maximum atomic E-state index is 12.2. The average molecular weight is 374 g/mol. The van der Waals surface area contributed by atoms with Gasteiger partial charge in [0.2, 0.25) is 0 Å². The van der Waals surface area contributed by atoms with E-state index in [4.69, 9.17) is 15.7 Å². The molecule has 0 bridgehead atoms. The molecule has 2 N–H and O–H groups in total. The van der Waals surface area contributed by atoms with Crippen molar-refractivity contribution in [3.63, 3.8) is 0 Å². The Labute approximate surface area is 152 Å². The van der Waals surface area contributed by atoms with E-state index in [9.17, 15) is 14.4 Å². The van der Waals surface area contributed by atoms with Gasteiger partial charge in [0.15, 0.2) is 0 Å². The Morgan fingerprint density at radius 1 is 1.08 bits per heavy atom. The van der Waals surface area contributed by atoms with Crippen molar-refractivity contribution in [1.29, 1.82) is 5.26 Å². The molecule has 2 aromatic rings. The molecular weight excluding hydrogens is 360 g/mol. The van der Waals surface area contributed by atoms with Crippen molar-refractivity contribution in [2.45, 2.75) is 6.61 Å². The Kier molecular flexibility index (Phi) is 5.93. The highest BCUT2D eigenvalue weighted by molar-refractivity contribution is 7.18. The number of thiophene rings is 1. The number of esters is 3. The van der Waals surface area contributed by atoms with Gasteiger partial charge in [-0.15, -0.1) is 11.3 Å². The van der Waals surface area contributed by atoms with Crippen LogP contribution < -0.4 is 5.73 Å². The Bertz CT molecular complexity index is 895. The van der Waals surface area contributed by atoms with E-state index < -0.39 is 17.9 Å². The molecule has 0 atom stereocenters. The maximum absolute atomic E-state index is 12.2. The minimum atomic E-state index is -0.752. The van der Waals surface area contributed by atoms with Crippen LogP contribution in [0.15, 0.2) is 24.3 Å². The third-order valence-electron chi connectivity index (χ3n) is 3.39. The lowest BCUT2D eigenvalue weighted by Crippen LogP contribution is -2.12. The minimum Gasteiger partial charge on any atom is -0.465 e. The van der Waals surface area contributed by atoms with Crippen LogP contribution >= 0.6 is 11.3 Å². The molecule has 26 heavy (non-hydrogen) atoms. The molecule has 0 unspecified atom stereocenters. The fraction of sp³-hybridized carbons (Fsp3) is 0.176. The molecule has 1 heterocycles. The van der Waals surface area contributed by atoms with E-state index in [1.165, 1.54) is 38.5 Å². The fourth-order valence-corrected chi connectivity index (χ4v) is 3.09. The Balaban J connectivity index is 2.29. The summed E-state index contributed by atoms with van der Waals surface area (Å²) in [5, 5.41) is 8.83. The average Bonchev–Trinajstić information content (AvgIpc) is 3.01. The Hall–Kier alpha value is -3.38. The van der Waals surface area contributed by atoms with Crippen LogP contribution in [0.3, 0.4) is 0 Å². The normalized spacial score (nSPS) is 9.88. The highest BCUT2D eigenvalue weighted by atomic mass is 32.1. The number of carbonyl (C=O) groups excluding carboxylic acids is 3. The molecule has 2 rings (SSSR count). The van der Waals surface area contributed by atoms with Crippen molar-refractivity contribution < 1.29 is 28.6 Å². The molecule has 9 heteroatoms. The van der Waals surface area contributed by atoms with Gasteiger partial charge >= 0.3 is 17.9 Å². The highest BCUT2D eigenvalue weighted by Crippen LogP contribution is 2.33. The third-order valence-corrected chi connectivity index (χ3v) is 4.43. The van der Waals surface area contributed by atoms with Gasteiger partial charge in [-0.25, -0.2) is 14.4 Å². The van der Waals surface area contributed by atoms with Crippen LogP contribution in [0.5, 0.6) is 0 Å². The second kappa shape index (κ2) is 8.13. The van der Waals surface area contributed by atoms with E-state index in [1.54, 1.807) is 0 Å². The van der Waals surface area contributed by atoms with Crippen LogP contribution in [-0.2, 0) is 20.8 Å². The molecule has 8 nitrogen and oxygen atoms in total. The smallest absolute Gasteiger partial charge is 0.348 e. The van der Waals surface area contributed by atoms with Crippen LogP contribution in [0.25, 0.3) is 0 Å². The van der Waals surface area contributed by atoms with Gasteiger partial charge in [-0.05, 0) is 24.3 Å². The van der Waals surface area contributed by atoms with Crippen molar-refractivity contribution in [2.24, 2.45) is 0 Å². The predicted octanol–water partition coefficient (Wildman–Crippen LogP) is 2.13. The molecule has 0 amide bonds. The molecule has 0 saturated carbocycles. The summed E-state index contributed by atoms with van der Waals surface area (Å²) in [6.45, 7) is -0.374. The van der Waals surface area contributed by atoms with Gasteiger partial charge in [-0.3, -0.25) is 0 Å². The Morgan fingerprint density at radius 3 is 2.23 bits per heavy atom. The van der Waals surface area contributed by atoms with Gasteiger partial charge in [0.25, 0.3) is 0 Å². The summed E-state index contributed by atoms with van der Waals surface area (Å²) in [5.41, 5.74) is 6.49. The minimum absolute atomic E-state index is 0.0365. The summed E-state index contributed by atoms with van der Waals surface area (Å²) in [6, 6.07) is 7.75. The van der Waals surface area contributed by atoms with Crippen LogP contribution in [-0.4, -0.2) is 32.1 Å².